The molecule has 3 N–H and O–H groups in total. The van der Waals surface area contributed by atoms with E-state index in [1.54, 1.807) is 6.20 Å². The van der Waals surface area contributed by atoms with Gasteiger partial charge in [-0.1, -0.05) is 18.9 Å². The van der Waals surface area contributed by atoms with Crippen LogP contribution in [-0.2, 0) is 9.59 Å². The highest BCUT2D eigenvalue weighted by molar-refractivity contribution is 6.40. The number of nitrogens with one attached hydrogen (secondary N) is 3. The summed E-state index contributed by atoms with van der Waals surface area (Å²) in [5.41, 5.74) is 3.54. The third kappa shape index (κ3) is 2.96. The van der Waals surface area contributed by atoms with E-state index in [4.69, 9.17) is 0 Å². The molecular weight excluding hydrogens is 330 g/mol. The van der Waals surface area contributed by atoms with Crippen molar-refractivity contribution in [2.24, 2.45) is 0 Å². The zero-order valence-electron chi connectivity index (χ0n) is 14.6. The number of H-pyrrole nitrogens is 1. The molecule has 134 valence electrons. The minimum atomic E-state index is -0.687. The van der Waals surface area contributed by atoms with Gasteiger partial charge in [-0.2, -0.15) is 5.10 Å². The van der Waals surface area contributed by atoms with E-state index in [2.05, 4.69) is 31.6 Å². The predicted octanol–water partition coefficient (Wildman–Crippen LogP) is 2.83. The first-order chi connectivity index (χ1) is 12.7. The van der Waals surface area contributed by atoms with Crippen LogP contribution in [0.15, 0.2) is 36.8 Å². The molecule has 0 unspecified atom stereocenters. The second-order valence-corrected chi connectivity index (χ2v) is 6.64. The van der Waals surface area contributed by atoms with Crippen molar-refractivity contribution >= 4 is 28.4 Å². The first-order valence-electron chi connectivity index (χ1n) is 8.84. The summed E-state index contributed by atoms with van der Waals surface area (Å²) < 4.78 is 2.07. The fraction of sp³-hybridized carbons (Fsp3) is 0.316. The van der Waals surface area contributed by atoms with Crippen molar-refractivity contribution in [2.75, 3.05) is 12.4 Å². The van der Waals surface area contributed by atoms with Crippen LogP contribution in [0.5, 0.6) is 0 Å². The van der Waals surface area contributed by atoms with Gasteiger partial charge in [0, 0.05) is 35.9 Å². The Kier molecular flexibility index (Phi) is 4.20. The van der Waals surface area contributed by atoms with Crippen molar-refractivity contribution in [3.63, 3.8) is 0 Å². The smallest absolute Gasteiger partial charge is 0.313 e. The highest BCUT2D eigenvalue weighted by Crippen LogP contribution is 2.32. The van der Waals surface area contributed by atoms with Gasteiger partial charge in [0.1, 0.15) is 0 Å². The van der Waals surface area contributed by atoms with Crippen molar-refractivity contribution < 1.29 is 9.59 Å². The topological polar surface area (TPSA) is 91.8 Å². The van der Waals surface area contributed by atoms with Crippen LogP contribution >= 0.6 is 0 Å². The molecule has 0 spiro atoms. The molecule has 0 saturated heterocycles. The number of fused-ring (bicyclic) bond motifs is 1. The van der Waals surface area contributed by atoms with Gasteiger partial charge in [0.15, 0.2) is 0 Å². The number of likely N-dealkylation sites (N-methyl/N-ethyl adjacent to an activating group) is 1. The van der Waals surface area contributed by atoms with Crippen LogP contribution in [0.25, 0.3) is 22.0 Å². The molecule has 4 rings (SSSR count). The SMILES string of the molecule is CNC(=O)C(=O)Nc1c[nH]c2ccc(-c3cnn(C4CCCC4)c3)cc12. The van der Waals surface area contributed by atoms with E-state index in [1.807, 2.05) is 24.4 Å². The Hall–Kier alpha value is -3.09. The molecule has 0 atom stereocenters. The summed E-state index contributed by atoms with van der Waals surface area (Å²) in [5, 5.41) is 10.3. The summed E-state index contributed by atoms with van der Waals surface area (Å²) in [6.45, 7) is 0. The van der Waals surface area contributed by atoms with E-state index in [0.29, 0.717) is 11.7 Å². The van der Waals surface area contributed by atoms with E-state index in [1.165, 1.54) is 32.7 Å². The number of carbonyl (C=O) groups is 2. The maximum Gasteiger partial charge on any atom is 0.313 e. The lowest BCUT2D eigenvalue weighted by atomic mass is 10.1. The molecule has 1 aliphatic rings. The zero-order chi connectivity index (χ0) is 18.1. The van der Waals surface area contributed by atoms with Gasteiger partial charge >= 0.3 is 11.8 Å². The van der Waals surface area contributed by atoms with Crippen LogP contribution in [0.2, 0.25) is 0 Å². The maximum absolute atomic E-state index is 11.8. The van der Waals surface area contributed by atoms with E-state index >= 15 is 0 Å². The van der Waals surface area contributed by atoms with E-state index in [9.17, 15) is 9.59 Å². The summed E-state index contributed by atoms with van der Waals surface area (Å²) in [7, 11) is 1.43. The predicted molar refractivity (Wildman–Crippen MR) is 99.7 cm³/mol. The highest BCUT2D eigenvalue weighted by Gasteiger charge is 2.18. The molecule has 26 heavy (non-hydrogen) atoms. The second kappa shape index (κ2) is 6.67. The molecule has 7 heteroatoms. The Labute approximate surface area is 150 Å². The van der Waals surface area contributed by atoms with Gasteiger partial charge in [-0.15, -0.1) is 0 Å². The number of hydrogen-bond donors (Lipinski definition) is 3. The number of aromatic nitrogens is 3. The third-order valence-corrected chi connectivity index (χ3v) is 5.00. The molecule has 7 nitrogen and oxygen atoms in total. The molecule has 1 aliphatic carbocycles. The summed E-state index contributed by atoms with van der Waals surface area (Å²) in [6, 6.07) is 6.50. The summed E-state index contributed by atoms with van der Waals surface area (Å²) >= 11 is 0. The minimum absolute atomic E-state index is 0.502. The molecule has 0 radical (unpaired) electrons. The molecule has 0 aliphatic heterocycles. The van der Waals surface area contributed by atoms with E-state index in [-0.39, 0.29) is 0 Å². The van der Waals surface area contributed by atoms with E-state index in [0.717, 1.165) is 22.0 Å². The average Bonchev–Trinajstić information content (AvgIpc) is 3.40. The Balaban J connectivity index is 1.63. The first kappa shape index (κ1) is 16.4. The summed E-state index contributed by atoms with van der Waals surface area (Å²) in [6.07, 6.45) is 10.6. The van der Waals surface area contributed by atoms with Gasteiger partial charge in [0.2, 0.25) is 0 Å². The van der Waals surface area contributed by atoms with Gasteiger partial charge in [0.25, 0.3) is 0 Å². The Bertz CT molecular complexity index is 965. The van der Waals surface area contributed by atoms with Crippen LogP contribution in [-0.4, -0.2) is 33.6 Å². The fourth-order valence-corrected chi connectivity index (χ4v) is 3.55. The number of carbonyl (C=O) groups excluding carboxylic acids is 2. The summed E-state index contributed by atoms with van der Waals surface area (Å²) in [4.78, 5) is 26.4. The normalized spacial score (nSPS) is 14.7. The highest BCUT2D eigenvalue weighted by atomic mass is 16.2. The maximum atomic E-state index is 11.8. The fourth-order valence-electron chi connectivity index (χ4n) is 3.55. The third-order valence-electron chi connectivity index (χ3n) is 5.00. The molecule has 1 fully saturated rings. The summed E-state index contributed by atoms with van der Waals surface area (Å²) in [5.74, 6) is -1.36. The lowest BCUT2D eigenvalue weighted by Crippen LogP contribution is -2.32. The number of anilines is 1. The first-order valence-corrected chi connectivity index (χ1v) is 8.84. The van der Waals surface area contributed by atoms with Gasteiger partial charge in [-0.3, -0.25) is 14.3 Å². The lowest BCUT2D eigenvalue weighted by Gasteiger charge is -2.08. The number of nitrogens with zero attached hydrogens (tertiary/aromatic N) is 2. The van der Waals surface area contributed by atoms with Crippen LogP contribution in [0.3, 0.4) is 0 Å². The van der Waals surface area contributed by atoms with Crippen molar-refractivity contribution in [3.05, 3.63) is 36.8 Å². The molecule has 1 aromatic carbocycles. The second-order valence-electron chi connectivity index (χ2n) is 6.64. The molecule has 2 aromatic heterocycles. The van der Waals surface area contributed by atoms with Crippen LogP contribution in [0.4, 0.5) is 5.69 Å². The molecular formula is C19H21N5O2. The minimum Gasteiger partial charge on any atom is -0.359 e. The lowest BCUT2D eigenvalue weighted by molar-refractivity contribution is -0.135. The van der Waals surface area contributed by atoms with Crippen molar-refractivity contribution in [2.45, 2.75) is 31.7 Å². The largest absolute Gasteiger partial charge is 0.359 e. The quantitative estimate of drug-likeness (QED) is 0.634. The Morgan fingerprint density at radius 1 is 1.19 bits per heavy atom. The molecule has 0 bridgehead atoms. The average molecular weight is 351 g/mol. The molecule has 1 saturated carbocycles. The standard InChI is InChI=1S/C19H21N5O2/c1-20-18(25)19(26)23-17-10-21-16-7-6-12(8-15(16)17)13-9-22-24(11-13)14-4-2-3-5-14/h6-11,14,21H,2-5H2,1H3,(H,20,25)(H,23,26). The van der Waals surface area contributed by atoms with Gasteiger partial charge < -0.3 is 15.6 Å². The number of aromatic amines is 1. The van der Waals surface area contributed by atoms with Crippen LogP contribution in [0, 0.1) is 0 Å². The van der Waals surface area contributed by atoms with Crippen LogP contribution in [0.1, 0.15) is 31.7 Å². The van der Waals surface area contributed by atoms with Crippen molar-refractivity contribution in [1.82, 2.24) is 20.1 Å². The van der Waals surface area contributed by atoms with Crippen LogP contribution < -0.4 is 10.6 Å². The zero-order valence-corrected chi connectivity index (χ0v) is 14.6. The molecule has 2 amide bonds. The van der Waals surface area contributed by atoms with Crippen molar-refractivity contribution in [3.8, 4) is 11.1 Å². The van der Waals surface area contributed by atoms with Gasteiger partial charge in [-0.05, 0) is 30.5 Å². The number of benzene rings is 1. The Morgan fingerprint density at radius 2 is 2.00 bits per heavy atom. The molecule has 3 aromatic rings. The van der Waals surface area contributed by atoms with Gasteiger partial charge in [-0.25, -0.2) is 0 Å². The monoisotopic (exact) mass is 351 g/mol. The van der Waals surface area contributed by atoms with E-state index < -0.39 is 11.8 Å². The van der Waals surface area contributed by atoms with Crippen molar-refractivity contribution in [1.29, 1.82) is 0 Å². The molecule has 2 heterocycles. The number of amides is 2. The van der Waals surface area contributed by atoms with Gasteiger partial charge in [0.05, 0.1) is 17.9 Å². The Morgan fingerprint density at radius 3 is 2.77 bits per heavy atom. The number of hydrogen-bond acceptors (Lipinski definition) is 3. The number of rotatable bonds is 3.